The van der Waals surface area contributed by atoms with Crippen molar-refractivity contribution in [3.63, 3.8) is 0 Å². The number of amides is 1. The van der Waals surface area contributed by atoms with Gasteiger partial charge in [0.2, 0.25) is 0 Å². The molecule has 2 aliphatic rings. The fourth-order valence-corrected chi connectivity index (χ4v) is 1.95. The van der Waals surface area contributed by atoms with Gasteiger partial charge in [0.1, 0.15) is 5.84 Å². The maximum atomic E-state index is 12.3. The topological polar surface area (TPSA) is 56.5 Å². The lowest BCUT2D eigenvalue weighted by atomic mass is 10.1. The number of carbonyl (C=O) groups is 1. The Morgan fingerprint density at radius 3 is 2.74 bits per heavy atom. The molecule has 0 aromatic heterocycles. The van der Waals surface area contributed by atoms with E-state index in [2.05, 4.69) is 4.99 Å². The quantitative estimate of drug-likeness (QED) is 0.763. The number of allylic oxidation sites excluding steroid dienone is 2. The zero-order chi connectivity index (χ0) is 13.2. The Morgan fingerprint density at radius 2 is 1.95 bits per heavy atom. The van der Waals surface area contributed by atoms with E-state index in [0.29, 0.717) is 11.4 Å². The Labute approximate surface area is 110 Å². The van der Waals surface area contributed by atoms with Crippen LogP contribution in [-0.4, -0.2) is 22.5 Å². The third kappa shape index (κ3) is 2.04. The Bertz CT molecular complexity index is 666. The van der Waals surface area contributed by atoms with Gasteiger partial charge in [-0.25, -0.2) is 4.99 Å². The molecule has 3 rings (SSSR count). The van der Waals surface area contributed by atoms with Crippen molar-refractivity contribution in [1.82, 2.24) is 4.90 Å². The molecule has 19 heavy (non-hydrogen) atoms. The van der Waals surface area contributed by atoms with Crippen LogP contribution in [0.5, 0.6) is 0 Å². The van der Waals surface area contributed by atoms with E-state index in [9.17, 15) is 4.79 Å². The molecule has 0 saturated heterocycles. The summed E-state index contributed by atoms with van der Waals surface area (Å²) in [5, 5.41) is 7.89. The number of benzene rings is 1. The van der Waals surface area contributed by atoms with Crippen LogP contribution in [0, 0.1) is 5.41 Å². The standard InChI is InChI=1S/C15H11N3O/c16-14-12(10-11-6-2-1-3-7-11)15(19)18-9-5-4-8-13(18)17-14/h1-10,16H/b12-10+,16-14?. The molecule has 2 heterocycles. The fourth-order valence-electron chi connectivity index (χ4n) is 1.95. The van der Waals surface area contributed by atoms with E-state index >= 15 is 0 Å². The molecular formula is C15H11N3O. The number of amidine groups is 2. The molecule has 1 N–H and O–H groups in total. The molecule has 0 spiro atoms. The van der Waals surface area contributed by atoms with Crippen LogP contribution >= 0.6 is 0 Å². The lowest BCUT2D eigenvalue weighted by Crippen LogP contribution is -2.39. The number of nitrogens with one attached hydrogen (secondary N) is 1. The summed E-state index contributed by atoms with van der Waals surface area (Å²) in [7, 11) is 0. The Kier molecular flexibility index (Phi) is 2.68. The monoisotopic (exact) mass is 249 g/mol. The van der Waals surface area contributed by atoms with Crippen LogP contribution in [0.3, 0.4) is 0 Å². The lowest BCUT2D eigenvalue weighted by Gasteiger charge is -2.25. The van der Waals surface area contributed by atoms with Crippen molar-refractivity contribution in [2.75, 3.05) is 0 Å². The first-order valence-electron chi connectivity index (χ1n) is 5.88. The Morgan fingerprint density at radius 1 is 1.16 bits per heavy atom. The summed E-state index contributed by atoms with van der Waals surface area (Å²) < 4.78 is 0. The van der Waals surface area contributed by atoms with E-state index in [4.69, 9.17) is 5.41 Å². The molecule has 4 nitrogen and oxygen atoms in total. The number of rotatable bonds is 1. The summed E-state index contributed by atoms with van der Waals surface area (Å²) in [5.74, 6) is 0.266. The summed E-state index contributed by atoms with van der Waals surface area (Å²) in [6, 6.07) is 9.46. The molecule has 1 amide bonds. The van der Waals surface area contributed by atoms with Crippen LogP contribution < -0.4 is 0 Å². The molecule has 0 fully saturated rings. The normalized spacial score (nSPS) is 19.7. The highest BCUT2D eigenvalue weighted by Crippen LogP contribution is 2.19. The zero-order valence-corrected chi connectivity index (χ0v) is 10.1. The smallest absolute Gasteiger partial charge is 0.267 e. The van der Waals surface area contributed by atoms with Crippen molar-refractivity contribution in [1.29, 1.82) is 5.41 Å². The Balaban J connectivity index is 2.04. The van der Waals surface area contributed by atoms with Crippen LogP contribution in [0.4, 0.5) is 0 Å². The molecule has 0 saturated carbocycles. The van der Waals surface area contributed by atoms with E-state index in [-0.39, 0.29) is 11.7 Å². The van der Waals surface area contributed by atoms with E-state index in [1.807, 2.05) is 30.3 Å². The molecule has 0 bridgehead atoms. The third-order valence-electron chi connectivity index (χ3n) is 2.88. The maximum absolute atomic E-state index is 12.3. The lowest BCUT2D eigenvalue weighted by molar-refractivity contribution is -0.121. The number of carbonyl (C=O) groups excluding carboxylic acids is 1. The summed E-state index contributed by atoms with van der Waals surface area (Å²) in [6.07, 6.45) is 8.63. The van der Waals surface area contributed by atoms with Gasteiger partial charge in [-0.15, -0.1) is 0 Å². The van der Waals surface area contributed by atoms with Gasteiger partial charge in [-0.05, 0) is 23.8 Å². The van der Waals surface area contributed by atoms with Crippen molar-refractivity contribution in [3.05, 3.63) is 65.9 Å². The Hall–Kier alpha value is -2.75. The minimum atomic E-state index is -0.223. The summed E-state index contributed by atoms with van der Waals surface area (Å²) >= 11 is 0. The van der Waals surface area contributed by atoms with E-state index < -0.39 is 0 Å². The first-order chi connectivity index (χ1) is 9.25. The molecule has 0 unspecified atom stereocenters. The van der Waals surface area contributed by atoms with Crippen LogP contribution in [-0.2, 0) is 4.79 Å². The number of aliphatic imine (C=N–C) groups is 1. The van der Waals surface area contributed by atoms with Gasteiger partial charge in [0.15, 0.2) is 5.84 Å². The minimum absolute atomic E-state index is 0.0000491. The highest BCUT2D eigenvalue weighted by Gasteiger charge is 2.28. The predicted molar refractivity (Wildman–Crippen MR) is 74.7 cm³/mol. The third-order valence-corrected chi connectivity index (χ3v) is 2.88. The average Bonchev–Trinajstić information content (AvgIpc) is 2.45. The minimum Gasteiger partial charge on any atom is -0.282 e. The van der Waals surface area contributed by atoms with Crippen LogP contribution in [0.1, 0.15) is 5.56 Å². The summed E-state index contributed by atoms with van der Waals surface area (Å²) in [4.78, 5) is 17.9. The molecule has 1 aromatic carbocycles. The van der Waals surface area contributed by atoms with Gasteiger partial charge < -0.3 is 0 Å². The molecule has 92 valence electrons. The van der Waals surface area contributed by atoms with Gasteiger partial charge in [-0.3, -0.25) is 15.1 Å². The molecule has 0 radical (unpaired) electrons. The van der Waals surface area contributed by atoms with Crippen LogP contribution in [0.15, 0.2) is 65.3 Å². The molecular weight excluding hydrogens is 238 g/mol. The number of hydrogen-bond acceptors (Lipinski definition) is 2. The highest BCUT2D eigenvalue weighted by molar-refractivity contribution is 6.33. The van der Waals surface area contributed by atoms with Gasteiger partial charge in [-0.2, -0.15) is 0 Å². The second-order valence-electron chi connectivity index (χ2n) is 4.16. The van der Waals surface area contributed by atoms with E-state index in [1.54, 1.807) is 30.5 Å². The van der Waals surface area contributed by atoms with Crippen LogP contribution in [0.2, 0.25) is 0 Å². The zero-order valence-electron chi connectivity index (χ0n) is 10.1. The van der Waals surface area contributed by atoms with Crippen molar-refractivity contribution in [2.45, 2.75) is 0 Å². The van der Waals surface area contributed by atoms with Gasteiger partial charge in [0.05, 0.1) is 5.57 Å². The largest absolute Gasteiger partial charge is 0.282 e. The molecule has 4 heteroatoms. The van der Waals surface area contributed by atoms with Crippen LogP contribution in [0.25, 0.3) is 6.08 Å². The highest BCUT2D eigenvalue weighted by atomic mass is 16.2. The molecule has 0 aliphatic carbocycles. The first kappa shape index (κ1) is 11.3. The second-order valence-corrected chi connectivity index (χ2v) is 4.16. The molecule has 0 atom stereocenters. The fraction of sp³-hybridized carbons (Fsp3) is 0. The first-order valence-corrected chi connectivity index (χ1v) is 5.88. The van der Waals surface area contributed by atoms with E-state index in [0.717, 1.165) is 5.56 Å². The van der Waals surface area contributed by atoms with Crippen molar-refractivity contribution < 1.29 is 4.79 Å². The second kappa shape index (κ2) is 4.49. The van der Waals surface area contributed by atoms with Gasteiger partial charge >= 0.3 is 0 Å². The van der Waals surface area contributed by atoms with E-state index in [1.165, 1.54) is 4.90 Å². The van der Waals surface area contributed by atoms with Gasteiger partial charge in [0, 0.05) is 6.20 Å². The predicted octanol–water partition coefficient (Wildman–Crippen LogP) is 2.37. The number of nitrogens with zero attached hydrogens (tertiary/aromatic N) is 2. The summed E-state index contributed by atoms with van der Waals surface area (Å²) in [5.41, 5.74) is 1.18. The SMILES string of the molecule is N=C1N=C2C=CC=CN2C(=O)/C1=C/c1ccccc1. The number of hydrogen-bond donors (Lipinski definition) is 1. The van der Waals surface area contributed by atoms with Gasteiger partial charge in [-0.1, -0.05) is 36.4 Å². The van der Waals surface area contributed by atoms with Crippen molar-refractivity contribution in [2.24, 2.45) is 4.99 Å². The van der Waals surface area contributed by atoms with Gasteiger partial charge in [0.25, 0.3) is 5.91 Å². The maximum Gasteiger partial charge on any atom is 0.267 e. The average molecular weight is 249 g/mol. The summed E-state index contributed by atoms with van der Waals surface area (Å²) in [6.45, 7) is 0. The number of fused-ring (bicyclic) bond motifs is 1. The molecule has 2 aliphatic heterocycles. The van der Waals surface area contributed by atoms with Crippen molar-refractivity contribution in [3.8, 4) is 0 Å². The van der Waals surface area contributed by atoms with Crippen molar-refractivity contribution >= 4 is 23.7 Å². The molecule has 1 aromatic rings.